The Morgan fingerprint density at radius 2 is 1.64 bits per heavy atom. The molecule has 2 unspecified atom stereocenters. The van der Waals surface area contributed by atoms with Gasteiger partial charge in [0.05, 0.1) is 43.3 Å². The predicted octanol–water partition coefficient (Wildman–Crippen LogP) is 2.61. The van der Waals surface area contributed by atoms with Crippen LogP contribution in [0.25, 0.3) is 11.0 Å². The summed E-state index contributed by atoms with van der Waals surface area (Å²) in [4.78, 5) is 57.4. The van der Waals surface area contributed by atoms with Crippen molar-refractivity contribution in [2.24, 2.45) is 0 Å². The number of aromatic amines is 1. The molecule has 14 heteroatoms. The van der Waals surface area contributed by atoms with Crippen LogP contribution in [0.15, 0.2) is 72.8 Å². The Morgan fingerprint density at radius 1 is 0.933 bits per heavy atom. The molecule has 1 fully saturated rings. The molecule has 2 heterocycles. The molecule has 1 aliphatic heterocycles. The highest BCUT2D eigenvalue weighted by Crippen LogP contribution is 2.30. The zero-order valence-electron chi connectivity index (χ0n) is 24.4. The maximum atomic E-state index is 13.3. The molecule has 3 amide bonds. The monoisotopic (exact) mass is 633 g/mol. The van der Waals surface area contributed by atoms with E-state index < -0.39 is 51.2 Å². The van der Waals surface area contributed by atoms with Gasteiger partial charge in [-0.15, -0.1) is 0 Å². The summed E-state index contributed by atoms with van der Waals surface area (Å²) in [5, 5.41) is 4.59. The number of fused-ring (bicyclic) bond motifs is 1. The van der Waals surface area contributed by atoms with Crippen LogP contribution in [0.3, 0.4) is 0 Å². The number of sulfonamides is 1. The number of hydrogen-bond donors (Lipinski definition) is 4. The van der Waals surface area contributed by atoms with Crippen LogP contribution in [-0.4, -0.2) is 62.5 Å². The lowest BCUT2D eigenvalue weighted by molar-refractivity contribution is -0.142. The van der Waals surface area contributed by atoms with Crippen LogP contribution < -0.4 is 15.4 Å². The standard InChI is InChI=1S/C31H31N5O8S/c1-43-29(38)21-12-13-22-23(16-21)33-28(32-22)24(14-19-8-10-20(11-9-19)26-17-27(37)36-45(26,41)42)34-31(40)35-25(30(39)44-2)15-18-6-4-3-5-7-18/h3-13,16,24-26H,14-15,17H2,1-2H3,(H,32,33)(H,36,37)(H2,34,35,40)/t24?,25-,26?/m1/s1. The van der Waals surface area contributed by atoms with Crippen LogP contribution in [0.2, 0.25) is 0 Å². The highest BCUT2D eigenvalue weighted by molar-refractivity contribution is 7.90. The van der Waals surface area contributed by atoms with E-state index in [2.05, 4.69) is 20.6 Å². The zero-order valence-corrected chi connectivity index (χ0v) is 25.2. The van der Waals surface area contributed by atoms with Gasteiger partial charge in [0.25, 0.3) is 0 Å². The van der Waals surface area contributed by atoms with Gasteiger partial charge in [-0.25, -0.2) is 27.8 Å². The lowest BCUT2D eigenvalue weighted by Crippen LogP contribution is -2.48. The summed E-state index contributed by atoms with van der Waals surface area (Å²) in [6.07, 6.45) is 0.256. The van der Waals surface area contributed by atoms with Crippen molar-refractivity contribution in [2.45, 2.75) is 36.6 Å². The van der Waals surface area contributed by atoms with Gasteiger partial charge in [0.2, 0.25) is 15.9 Å². The lowest BCUT2D eigenvalue weighted by Gasteiger charge is -2.21. The number of carbonyl (C=O) groups excluding carboxylic acids is 4. The number of rotatable bonds is 10. The molecule has 4 aromatic rings. The molecule has 1 aliphatic rings. The van der Waals surface area contributed by atoms with Crippen molar-refractivity contribution in [3.63, 3.8) is 0 Å². The average Bonchev–Trinajstić information content (AvgIpc) is 3.58. The number of urea groups is 1. The molecule has 1 aromatic heterocycles. The van der Waals surface area contributed by atoms with Gasteiger partial charge in [-0.3, -0.25) is 9.52 Å². The summed E-state index contributed by atoms with van der Waals surface area (Å²) >= 11 is 0. The van der Waals surface area contributed by atoms with Crippen LogP contribution in [0.4, 0.5) is 4.79 Å². The van der Waals surface area contributed by atoms with Crippen LogP contribution in [0.5, 0.6) is 0 Å². The van der Waals surface area contributed by atoms with E-state index >= 15 is 0 Å². The molecule has 1 saturated heterocycles. The summed E-state index contributed by atoms with van der Waals surface area (Å²) in [5.74, 6) is -1.32. The topological polar surface area (TPSA) is 186 Å². The molecule has 0 aliphatic carbocycles. The quantitative estimate of drug-likeness (QED) is 0.191. The Labute approximate surface area is 258 Å². The predicted molar refractivity (Wildman–Crippen MR) is 162 cm³/mol. The molecule has 0 radical (unpaired) electrons. The number of benzene rings is 3. The Hall–Kier alpha value is -5.24. The molecule has 45 heavy (non-hydrogen) atoms. The minimum absolute atomic E-state index is 0.164. The highest BCUT2D eigenvalue weighted by atomic mass is 32.2. The summed E-state index contributed by atoms with van der Waals surface area (Å²) < 4.78 is 36.4. The summed E-state index contributed by atoms with van der Waals surface area (Å²) in [6.45, 7) is 0. The van der Waals surface area contributed by atoms with E-state index in [-0.39, 0.29) is 19.3 Å². The van der Waals surface area contributed by atoms with Gasteiger partial charge in [-0.05, 0) is 41.3 Å². The van der Waals surface area contributed by atoms with Gasteiger partial charge in [0.15, 0.2) is 0 Å². The molecule has 234 valence electrons. The van der Waals surface area contributed by atoms with Crippen LogP contribution >= 0.6 is 0 Å². The molecular formula is C31H31N5O8S. The van der Waals surface area contributed by atoms with Crippen LogP contribution in [-0.2, 0) is 41.9 Å². The molecule has 0 saturated carbocycles. The second-order valence-corrected chi connectivity index (χ2v) is 12.4. The van der Waals surface area contributed by atoms with E-state index in [4.69, 9.17) is 9.47 Å². The van der Waals surface area contributed by atoms with E-state index in [0.717, 1.165) is 11.1 Å². The van der Waals surface area contributed by atoms with Crippen molar-refractivity contribution >= 4 is 44.9 Å². The van der Waals surface area contributed by atoms with Gasteiger partial charge < -0.3 is 25.1 Å². The zero-order chi connectivity index (χ0) is 32.1. The number of ether oxygens (including phenoxy) is 2. The van der Waals surface area contributed by atoms with Crippen molar-refractivity contribution in [3.8, 4) is 0 Å². The van der Waals surface area contributed by atoms with E-state index in [0.29, 0.717) is 28.0 Å². The van der Waals surface area contributed by atoms with E-state index in [9.17, 15) is 27.6 Å². The second kappa shape index (κ2) is 13.2. The van der Waals surface area contributed by atoms with Crippen molar-refractivity contribution in [1.29, 1.82) is 0 Å². The molecule has 5 rings (SSSR count). The minimum atomic E-state index is -3.80. The third-order valence-corrected chi connectivity index (χ3v) is 9.12. The van der Waals surface area contributed by atoms with Gasteiger partial charge in [0.1, 0.15) is 17.1 Å². The Balaban J connectivity index is 1.41. The summed E-state index contributed by atoms with van der Waals surface area (Å²) in [6, 6.07) is 18.3. The number of methoxy groups -OCH3 is 2. The normalized spacial score (nSPS) is 16.8. The molecule has 0 bridgehead atoms. The maximum Gasteiger partial charge on any atom is 0.337 e. The first kappa shape index (κ1) is 31.2. The summed E-state index contributed by atoms with van der Waals surface area (Å²) in [5.41, 5.74) is 3.40. The molecule has 13 nitrogen and oxygen atoms in total. The number of esters is 2. The van der Waals surface area contributed by atoms with Crippen LogP contribution in [0, 0.1) is 0 Å². The first-order valence-electron chi connectivity index (χ1n) is 14.0. The largest absolute Gasteiger partial charge is 0.467 e. The van der Waals surface area contributed by atoms with E-state index in [1.165, 1.54) is 14.2 Å². The second-order valence-electron chi connectivity index (χ2n) is 10.5. The van der Waals surface area contributed by atoms with Crippen molar-refractivity contribution in [2.75, 3.05) is 14.2 Å². The van der Waals surface area contributed by atoms with Crippen molar-refractivity contribution in [3.05, 3.63) is 101 Å². The van der Waals surface area contributed by atoms with Gasteiger partial charge >= 0.3 is 18.0 Å². The van der Waals surface area contributed by atoms with Crippen molar-refractivity contribution in [1.82, 2.24) is 25.3 Å². The van der Waals surface area contributed by atoms with Gasteiger partial charge in [-0.1, -0.05) is 54.6 Å². The lowest BCUT2D eigenvalue weighted by atomic mass is 10.0. The van der Waals surface area contributed by atoms with Gasteiger partial charge in [-0.2, -0.15) is 0 Å². The fraction of sp³-hybridized carbons (Fsp3) is 0.258. The average molecular weight is 634 g/mol. The molecule has 3 aromatic carbocycles. The SMILES string of the molecule is COC(=O)c1ccc2nc(C(Cc3ccc(C4CC(=O)NS4(=O)=O)cc3)NC(=O)N[C@H](Cc3ccccc3)C(=O)OC)[nH]c2c1. The van der Waals surface area contributed by atoms with Crippen molar-refractivity contribution < 1.29 is 37.1 Å². The highest BCUT2D eigenvalue weighted by Gasteiger charge is 2.37. The molecule has 4 N–H and O–H groups in total. The number of nitrogens with one attached hydrogen (secondary N) is 4. The smallest absolute Gasteiger partial charge is 0.337 e. The third kappa shape index (κ3) is 7.29. The Kier molecular flexibility index (Phi) is 9.13. The number of amides is 3. The minimum Gasteiger partial charge on any atom is -0.467 e. The van der Waals surface area contributed by atoms with E-state index in [1.54, 1.807) is 42.5 Å². The number of nitrogens with zero attached hydrogens (tertiary/aromatic N) is 1. The molecular weight excluding hydrogens is 602 g/mol. The van der Waals surface area contributed by atoms with Gasteiger partial charge in [0, 0.05) is 6.42 Å². The number of H-pyrrole nitrogens is 1. The number of imidazole rings is 1. The maximum absolute atomic E-state index is 13.3. The number of carbonyl (C=O) groups is 4. The fourth-order valence-corrected chi connectivity index (χ4v) is 6.58. The first-order chi connectivity index (χ1) is 21.6. The summed E-state index contributed by atoms with van der Waals surface area (Å²) in [7, 11) is -1.28. The molecule has 3 atom stereocenters. The molecule has 0 spiro atoms. The Morgan fingerprint density at radius 3 is 2.29 bits per heavy atom. The number of aromatic nitrogens is 2. The van der Waals surface area contributed by atoms with Crippen LogP contribution in [0.1, 0.15) is 50.6 Å². The first-order valence-corrected chi connectivity index (χ1v) is 15.5. The third-order valence-electron chi connectivity index (χ3n) is 7.42. The Bertz CT molecular complexity index is 1840. The fourth-order valence-electron chi connectivity index (χ4n) is 5.15. The van der Waals surface area contributed by atoms with E-state index in [1.807, 2.05) is 35.1 Å². The number of hydrogen-bond acceptors (Lipinski definition) is 9.